The minimum absolute atomic E-state index is 0. The maximum atomic E-state index is 2.43. The van der Waals surface area contributed by atoms with Gasteiger partial charge in [0, 0.05) is 23.1 Å². The summed E-state index contributed by atoms with van der Waals surface area (Å²) in [6, 6.07) is 17.4. The van der Waals surface area contributed by atoms with Crippen molar-refractivity contribution in [2.75, 3.05) is 11.4 Å². The van der Waals surface area contributed by atoms with Crippen molar-refractivity contribution in [2.24, 2.45) is 0 Å². The van der Waals surface area contributed by atoms with Crippen molar-refractivity contribution in [2.45, 2.75) is 11.4 Å². The molecule has 6 rings (SSSR count). The third-order valence-corrected chi connectivity index (χ3v) is 7.62. The summed E-state index contributed by atoms with van der Waals surface area (Å²) in [6.45, 7) is 1.90. The van der Waals surface area contributed by atoms with Gasteiger partial charge in [-0.2, -0.15) is 4.57 Å². The first-order valence-electron chi connectivity index (χ1n) is 9.14. The van der Waals surface area contributed by atoms with E-state index in [1.54, 1.807) is 0 Å². The van der Waals surface area contributed by atoms with Crippen molar-refractivity contribution in [3.05, 3.63) is 94.5 Å². The molecule has 4 heterocycles. The summed E-state index contributed by atoms with van der Waals surface area (Å²) in [5, 5.41) is 2.69. The molecule has 28 heavy (non-hydrogen) atoms. The number of rotatable bonds is 1. The van der Waals surface area contributed by atoms with Crippen LogP contribution in [0, 0.1) is 0 Å². The van der Waals surface area contributed by atoms with Gasteiger partial charge in [0.1, 0.15) is 4.70 Å². The van der Waals surface area contributed by atoms with Crippen molar-refractivity contribution in [3.63, 3.8) is 0 Å². The van der Waals surface area contributed by atoms with E-state index in [0.29, 0.717) is 0 Å². The zero-order valence-corrected chi connectivity index (χ0v) is 18.8. The molecule has 3 aliphatic heterocycles. The Morgan fingerprint density at radius 2 is 1.82 bits per heavy atom. The van der Waals surface area contributed by atoms with Crippen LogP contribution in [0.15, 0.2) is 94.4 Å². The van der Waals surface area contributed by atoms with E-state index in [1.807, 2.05) is 23.1 Å². The number of thioether (sulfide) groups is 1. The number of para-hydroxylation sites is 2. The minimum Gasteiger partial charge on any atom is -1.00 e. The van der Waals surface area contributed by atoms with Crippen LogP contribution in [0.1, 0.15) is 5.01 Å². The van der Waals surface area contributed by atoms with Crippen molar-refractivity contribution >= 4 is 44.6 Å². The van der Waals surface area contributed by atoms with Gasteiger partial charge in [0.05, 0.1) is 16.3 Å². The summed E-state index contributed by atoms with van der Waals surface area (Å²) in [4.78, 5) is 3.78. The molecule has 0 saturated carbocycles. The van der Waals surface area contributed by atoms with E-state index in [0.717, 1.165) is 13.1 Å². The minimum atomic E-state index is 0. The van der Waals surface area contributed by atoms with Gasteiger partial charge in [-0.25, -0.2) is 0 Å². The van der Waals surface area contributed by atoms with Crippen LogP contribution < -0.4 is 33.4 Å². The fraction of sp³-hybridized carbons (Fsp3) is 0.0870. The maximum Gasteiger partial charge on any atom is 0.270 e. The SMILES string of the molecule is C1=CC(C=C2C=CC[n+]3c2sc2ccccc23)=C2Sc3ccccc3N2C1.[I-]. The topological polar surface area (TPSA) is 7.12 Å². The molecule has 0 fully saturated rings. The average Bonchev–Trinajstić information content (AvgIpc) is 3.28. The lowest BCUT2D eigenvalue weighted by atomic mass is 10.1. The summed E-state index contributed by atoms with van der Waals surface area (Å²) >= 11 is 3.77. The van der Waals surface area contributed by atoms with Gasteiger partial charge < -0.3 is 28.9 Å². The fourth-order valence-electron chi connectivity index (χ4n) is 3.96. The summed E-state index contributed by atoms with van der Waals surface area (Å²) in [7, 11) is 0. The molecule has 1 aromatic heterocycles. The van der Waals surface area contributed by atoms with E-state index in [9.17, 15) is 0 Å². The molecule has 2 nitrogen and oxygen atoms in total. The summed E-state index contributed by atoms with van der Waals surface area (Å²) in [6.07, 6.45) is 11.4. The Morgan fingerprint density at radius 1 is 0.964 bits per heavy atom. The molecule has 3 aromatic rings. The molecule has 138 valence electrons. The molecule has 0 radical (unpaired) electrons. The van der Waals surface area contributed by atoms with E-state index in [1.165, 1.54) is 42.0 Å². The molecule has 2 aromatic carbocycles. The normalized spacial score (nSPS) is 18.3. The van der Waals surface area contributed by atoms with E-state index < -0.39 is 0 Å². The third-order valence-electron chi connectivity index (χ3n) is 5.19. The molecule has 0 aliphatic carbocycles. The Balaban J connectivity index is 0.00000171. The molecule has 0 amide bonds. The number of hydrogen-bond donors (Lipinski definition) is 0. The van der Waals surface area contributed by atoms with E-state index in [2.05, 4.69) is 88.4 Å². The molecule has 0 N–H and O–H groups in total. The second-order valence-corrected chi connectivity index (χ2v) is 8.89. The van der Waals surface area contributed by atoms with Gasteiger partial charge in [-0.3, -0.25) is 0 Å². The zero-order valence-electron chi connectivity index (χ0n) is 15.0. The number of allylic oxidation sites excluding steroid dienone is 6. The molecule has 0 spiro atoms. The number of benzene rings is 2. The lowest BCUT2D eigenvalue weighted by Crippen LogP contribution is -3.00. The molecular weight excluding hydrogens is 495 g/mol. The zero-order chi connectivity index (χ0) is 17.8. The lowest BCUT2D eigenvalue weighted by Gasteiger charge is -2.23. The second-order valence-electron chi connectivity index (χ2n) is 6.83. The number of aromatic nitrogens is 1. The number of halogens is 1. The Labute approximate surface area is 189 Å². The van der Waals surface area contributed by atoms with Gasteiger partial charge >= 0.3 is 0 Å². The van der Waals surface area contributed by atoms with Crippen molar-refractivity contribution in [3.8, 4) is 0 Å². The maximum absolute atomic E-state index is 2.43. The van der Waals surface area contributed by atoms with Crippen LogP contribution in [0.25, 0.3) is 15.8 Å². The molecule has 5 heteroatoms. The summed E-state index contributed by atoms with van der Waals surface area (Å²) in [5.41, 5.74) is 5.25. The van der Waals surface area contributed by atoms with Gasteiger partial charge in [0.25, 0.3) is 5.01 Å². The third kappa shape index (κ3) is 2.79. The predicted molar refractivity (Wildman–Crippen MR) is 115 cm³/mol. The number of nitrogens with zero attached hydrogens (tertiary/aromatic N) is 2. The molecule has 0 atom stereocenters. The first kappa shape index (κ1) is 18.2. The highest BCUT2D eigenvalue weighted by Gasteiger charge is 2.29. The number of hydrogen-bond acceptors (Lipinski definition) is 3. The lowest BCUT2D eigenvalue weighted by molar-refractivity contribution is -0.659. The van der Waals surface area contributed by atoms with Crippen LogP contribution in [-0.4, -0.2) is 6.54 Å². The van der Waals surface area contributed by atoms with Crippen LogP contribution in [0.5, 0.6) is 0 Å². The van der Waals surface area contributed by atoms with Crippen LogP contribution in [-0.2, 0) is 6.54 Å². The second kappa shape index (κ2) is 7.21. The van der Waals surface area contributed by atoms with Gasteiger partial charge in [0.2, 0.25) is 5.52 Å². The fourth-order valence-corrected chi connectivity index (χ4v) is 6.29. The standard InChI is InChI=1S/C23H17N2S2.HI/c1-3-11-20-18(9-1)24-13-5-7-16(22(24)26-20)15-17-8-6-14-25-19-10-2-4-12-21(19)27-23(17)25;/h1-12,15H,13-14H2;1H/q+1;/p-1. The largest absolute Gasteiger partial charge is 1.00 e. The van der Waals surface area contributed by atoms with Crippen molar-refractivity contribution in [1.29, 1.82) is 0 Å². The quantitative estimate of drug-likeness (QED) is 0.366. The Kier molecular flexibility index (Phi) is 4.69. The van der Waals surface area contributed by atoms with Crippen molar-refractivity contribution < 1.29 is 28.5 Å². The molecular formula is C23H17IN2S2. The Bertz CT molecular complexity index is 1220. The van der Waals surface area contributed by atoms with Crippen LogP contribution >= 0.6 is 23.1 Å². The highest BCUT2D eigenvalue weighted by atomic mass is 127. The van der Waals surface area contributed by atoms with Gasteiger partial charge in [0.15, 0.2) is 6.54 Å². The monoisotopic (exact) mass is 512 g/mol. The highest BCUT2D eigenvalue weighted by Crippen LogP contribution is 2.48. The highest BCUT2D eigenvalue weighted by molar-refractivity contribution is 8.03. The average molecular weight is 512 g/mol. The van der Waals surface area contributed by atoms with Crippen LogP contribution in [0.2, 0.25) is 0 Å². The van der Waals surface area contributed by atoms with Gasteiger partial charge in [-0.05, 0) is 36.4 Å². The van der Waals surface area contributed by atoms with E-state index in [4.69, 9.17) is 0 Å². The Morgan fingerprint density at radius 3 is 2.79 bits per heavy atom. The number of anilines is 1. The number of fused-ring (bicyclic) bond motifs is 6. The summed E-state index contributed by atoms with van der Waals surface area (Å²) < 4.78 is 3.78. The smallest absolute Gasteiger partial charge is 0.270 e. The van der Waals surface area contributed by atoms with Crippen molar-refractivity contribution in [1.82, 2.24) is 0 Å². The Hall–Kier alpha value is -1.83. The van der Waals surface area contributed by atoms with Gasteiger partial charge in [-0.1, -0.05) is 59.5 Å². The van der Waals surface area contributed by atoms with Crippen LogP contribution in [0.3, 0.4) is 0 Å². The van der Waals surface area contributed by atoms with Crippen LogP contribution in [0.4, 0.5) is 5.69 Å². The first-order valence-corrected chi connectivity index (χ1v) is 10.8. The molecule has 0 bridgehead atoms. The van der Waals surface area contributed by atoms with E-state index >= 15 is 0 Å². The molecule has 0 unspecified atom stereocenters. The molecule has 3 aliphatic rings. The summed E-state index contributed by atoms with van der Waals surface area (Å²) in [5.74, 6) is 0. The van der Waals surface area contributed by atoms with E-state index in [-0.39, 0.29) is 24.0 Å². The molecule has 0 saturated heterocycles. The first-order chi connectivity index (χ1) is 13.4. The number of thiazole rings is 1. The predicted octanol–water partition coefficient (Wildman–Crippen LogP) is 2.54. The van der Waals surface area contributed by atoms with Gasteiger partial charge in [-0.15, -0.1) is 0 Å².